The van der Waals surface area contributed by atoms with Crippen molar-refractivity contribution in [1.29, 1.82) is 0 Å². The Bertz CT molecular complexity index is 713. The van der Waals surface area contributed by atoms with Crippen molar-refractivity contribution in [2.45, 2.75) is 57.7 Å². The number of hydrogen-bond acceptors (Lipinski definition) is 3. The maximum absolute atomic E-state index is 5.98. The number of aliphatic imine (C=N–C) groups is 1. The molecule has 0 saturated heterocycles. The van der Waals surface area contributed by atoms with E-state index >= 15 is 0 Å². The van der Waals surface area contributed by atoms with Crippen LogP contribution in [0.3, 0.4) is 0 Å². The van der Waals surface area contributed by atoms with Gasteiger partial charge in [0.15, 0.2) is 5.96 Å². The van der Waals surface area contributed by atoms with E-state index in [2.05, 4.69) is 49.4 Å². The van der Waals surface area contributed by atoms with E-state index in [1.54, 1.807) is 7.05 Å². The molecule has 1 saturated carbocycles. The third-order valence-electron chi connectivity index (χ3n) is 5.15. The molecule has 3 rings (SSSR count). The highest BCUT2D eigenvalue weighted by Crippen LogP contribution is 2.20. The molecule has 0 spiro atoms. The molecule has 0 unspecified atom stereocenters. The van der Waals surface area contributed by atoms with Crippen LogP contribution in [0.2, 0.25) is 0 Å². The summed E-state index contributed by atoms with van der Waals surface area (Å²) in [5.41, 5.74) is 1.27. The van der Waals surface area contributed by atoms with Crippen LogP contribution in [-0.2, 0) is 17.8 Å². The zero-order valence-electron chi connectivity index (χ0n) is 17.3. The van der Waals surface area contributed by atoms with Gasteiger partial charge in [0.25, 0.3) is 0 Å². The number of imidazole rings is 1. The van der Waals surface area contributed by atoms with E-state index in [0.29, 0.717) is 12.6 Å². The van der Waals surface area contributed by atoms with Gasteiger partial charge in [0.05, 0.1) is 12.6 Å². The lowest BCUT2D eigenvalue weighted by Crippen LogP contribution is -2.38. The molecule has 0 aliphatic heterocycles. The van der Waals surface area contributed by atoms with E-state index in [4.69, 9.17) is 4.74 Å². The number of nitrogens with zero attached hydrogens (tertiary/aromatic N) is 3. The molecule has 2 N–H and O–H groups in total. The fourth-order valence-electron chi connectivity index (χ4n) is 3.58. The number of halogens is 1. The Labute approximate surface area is 191 Å². The molecule has 0 atom stereocenters. The van der Waals surface area contributed by atoms with Gasteiger partial charge in [-0.05, 0) is 24.8 Å². The minimum atomic E-state index is 0. The fourth-order valence-corrected chi connectivity index (χ4v) is 3.58. The quantitative estimate of drug-likeness (QED) is 0.232. The average Bonchev–Trinajstić information content (AvgIpc) is 3.18. The van der Waals surface area contributed by atoms with Gasteiger partial charge >= 0.3 is 0 Å². The van der Waals surface area contributed by atoms with Gasteiger partial charge in [-0.1, -0.05) is 49.6 Å². The topological polar surface area (TPSA) is 63.5 Å². The van der Waals surface area contributed by atoms with Gasteiger partial charge in [-0.15, -0.1) is 24.0 Å². The van der Waals surface area contributed by atoms with Crippen molar-refractivity contribution >= 4 is 29.9 Å². The fraction of sp³-hybridized carbons (Fsp3) is 0.545. The number of rotatable bonds is 9. The number of guanidine groups is 1. The van der Waals surface area contributed by atoms with E-state index in [0.717, 1.165) is 37.9 Å². The third kappa shape index (κ3) is 8.34. The lowest BCUT2D eigenvalue weighted by molar-refractivity contribution is 0.0277. The number of benzene rings is 1. The largest absolute Gasteiger partial charge is 0.378 e. The Morgan fingerprint density at radius 2 is 1.97 bits per heavy atom. The van der Waals surface area contributed by atoms with Gasteiger partial charge in [0.2, 0.25) is 0 Å². The highest BCUT2D eigenvalue weighted by atomic mass is 127. The summed E-state index contributed by atoms with van der Waals surface area (Å²) < 4.78 is 8.14. The van der Waals surface area contributed by atoms with Gasteiger partial charge in [-0.3, -0.25) is 4.99 Å². The lowest BCUT2D eigenvalue weighted by atomic mass is 9.98. The van der Waals surface area contributed by atoms with Crippen LogP contribution in [-0.4, -0.2) is 41.8 Å². The first kappa shape index (κ1) is 23.7. The molecule has 1 aliphatic rings. The van der Waals surface area contributed by atoms with E-state index in [-0.39, 0.29) is 24.0 Å². The van der Waals surface area contributed by atoms with E-state index in [1.807, 2.05) is 18.5 Å². The van der Waals surface area contributed by atoms with Gasteiger partial charge in [0, 0.05) is 39.1 Å². The molecule has 29 heavy (non-hydrogen) atoms. The first-order valence-corrected chi connectivity index (χ1v) is 10.4. The van der Waals surface area contributed by atoms with Crippen molar-refractivity contribution in [2.24, 2.45) is 4.99 Å². The predicted molar refractivity (Wildman–Crippen MR) is 129 cm³/mol. The zero-order chi connectivity index (χ0) is 19.4. The first-order valence-electron chi connectivity index (χ1n) is 10.4. The number of nitrogens with one attached hydrogen (secondary N) is 2. The van der Waals surface area contributed by atoms with E-state index < -0.39 is 0 Å². The summed E-state index contributed by atoms with van der Waals surface area (Å²) in [6, 6.07) is 10.4. The summed E-state index contributed by atoms with van der Waals surface area (Å²) in [6.45, 7) is 3.13. The molecule has 0 amide bonds. The maximum atomic E-state index is 5.98. The van der Waals surface area contributed by atoms with Gasteiger partial charge < -0.3 is 19.9 Å². The molecule has 160 valence electrons. The molecule has 1 fully saturated rings. The molecule has 7 heteroatoms. The summed E-state index contributed by atoms with van der Waals surface area (Å²) in [5, 5.41) is 6.71. The van der Waals surface area contributed by atoms with Crippen LogP contribution in [0.4, 0.5) is 0 Å². The summed E-state index contributed by atoms with van der Waals surface area (Å²) >= 11 is 0. The summed E-state index contributed by atoms with van der Waals surface area (Å²) in [5.74, 6) is 1.79. The second-order valence-electron chi connectivity index (χ2n) is 7.29. The van der Waals surface area contributed by atoms with Crippen LogP contribution in [0.25, 0.3) is 0 Å². The summed E-state index contributed by atoms with van der Waals surface area (Å²) in [6.07, 6.45) is 11.8. The molecule has 1 heterocycles. The first-order chi connectivity index (χ1) is 13.8. The number of hydrogen-bond donors (Lipinski definition) is 2. The van der Waals surface area contributed by atoms with Crippen molar-refractivity contribution in [1.82, 2.24) is 20.2 Å². The smallest absolute Gasteiger partial charge is 0.191 e. The van der Waals surface area contributed by atoms with Gasteiger partial charge in [0.1, 0.15) is 5.82 Å². The highest BCUT2D eigenvalue weighted by molar-refractivity contribution is 14.0. The summed E-state index contributed by atoms with van der Waals surface area (Å²) in [7, 11) is 1.80. The van der Waals surface area contributed by atoms with Crippen molar-refractivity contribution in [2.75, 3.05) is 20.2 Å². The Morgan fingerprint density at radius 3 is 2.72 bits per heavy atom. The van der Waals surface area contributed by atoms with Crippen LogP contribution in [0.5, 0.6) is 0 Å². The molecule has 1 aromatic heterocycles. The zero-order valence-corrected chi connectivity index (χ0v) is 19.7. The van der Waals surface area contributed by atoms with Gasteiger partial charge in [-0.25, -0.2) is 4.98 Å². The maximum Gasteiger partial charge on any atom is 0.191 e. The van der Waals surface area contributed by atoms with Crippen LogP contribution >= 0.6 is 24.0 Å². The molecule has 1 aliphatic carbocycles. The molecule has 1 aromatic carbocycles. The van der Waals surface area contributed by atoms with Crippen LogP contribution < -0.4 is 10.6 Å². The van der Waals surface area contributed by atoms with E-state index in [9.17, 15) is 0 Å². The molecule has 2 aromatic rings. The Morgan fingerprint density at radius 1 is 1.17 bits per heavy atom. The van der Waals surface area contributed by atoms with Gasteiger partial charge in [-0.2, -0.15) is 0 Å². The number of ether oxygens (including phenoxy) is 1. The Balaban J connectivity index is 0.00000300. The Hall–Kier alpha value is -1.61. The molecule has 0 bridgehead atoms. The predicted octanol–water partition coefficient (Wildman–Crippen LogP) is 3.95. The van der Waals surface area contributed by atoms with Crippen LogP contribution in [0.1, 0.15) is 49.9 Å². The summed E-state index contributed by atoms with van der Waals surface area (Å²) in [4.78, 5) is 8.78. The third-order valence-corrected chi connectivity index (χ3v) is 5.15. The van der Waals surface area contributed by atoms with Crippen molar-refractivity contribution < 1.29 is 4.74 Å². The van der Waals surface area contributed by atoms with Crippen molar-refractivity contribution in [3.8, 4) is 0 Å². The monoisotopic (exact) mass is 511 g/mol. The Kier molecular flexibility index (Phi) is 11.1. The minimum absolute atomic E-state index is 0. The van der Waals surface area contributed by atoms with Crippen LogP contribution in [0.15, 0.2) is 47.7 Å². The molecule has 0 radical (unpaired) electrons. The molecule has 6 nitrogen and oxygen atoms in total. The second kappa shape index (κ2) is 13.6. The minimum Gasteiger partial charge on any atom is -0.378 e. The highest BCUT2D eigenvalue weighted by Gasteiger charge is 2.13. The number of aromatic nitrogens is 2. The molecular weight excluding hydrogens is 477 g/mol. The van der Waals surface area contributed by atoms with Crippen molar-refractivity contribution in [3.05, 3.63) is 54.1 Å². The second-order valence-corrected chi connectivity index (χ2v) is 7.29. The van der Waals surface area contributed by atoms with Crippen molar-refractivity contribution in [3.63, 3.8) is 0 Å². The standard InChI is InChI=1S/C22H33N5O.HI/c1-23-22(25-13-8-16-28-20-11-6-3-7-12-20)26-17-21-24-14-15-27(21)18-19-9-4-2-5-10-19;/h2,4-5,9-10,14-15,20H,3,6-8,11-13,16-18H2,1H3,(H2,23,25,26);1H. The lowest BCUT2D eigenvalue weighted by Gasteiger charge is -2.22. The van der Waals surface area contributed by atoms with E-state index in [1.165, 1.54) is 37.7 Å². The average molecular weight is 511 g/mol. The van der Waals surface area contributed by atoms with Crippen LogP contribution in [0, 0.1) is 0 Å². The SMILES string of the molecule is CN=C(NCCCOC1CCCCC1)NCc1nccn1Cc1ccccc1.I. The molecular formula is C22H34IN5O. The normalized spacial score (nSPS) is 15.0.